The van der Waals surface area contributed by atoms with Crippen LogP contribution < -0.4 is 19.7 Å². The molecule has 0 aliphatic carbocycles. The molecule has 1 aromatic rings. The van der Waals surface area contributed by atoms with Crippen LogP contribution in [0, 0.1) is 5.92 Å². The highest BCUT2D eigenvalue weighted by molar-refractivity contribution is 5.58. The third-order valence-electron chi connectivity index (χ3n) is 4.09. The van der Waals surface area contributed by atoms with Crippen molar-refractivity contribution in [1.29, 1.82) is 0 Å². The Balaban J connectivity index is 1.77. The van der Waals surface area contributed by atoms with E-state index in [9.17, 15) is 0 Å². The zero-order valence-electron chi connectivity index (χ0n) is 12.6. The maximum absolute atomic E-state index is 5.49. The van der Waals surface area contributed by atoms with E-state index in [1.54, 1.807) is 0 Å². The van der Waals surface area contributed by atoms with Gasteiger partial charge in [0, 0.05) is 36.9 Å². The largest absolute Gasteiger partial charge is 0.454 e. The second-order valence-electron chi connectivity index (χ2n) is 6.27. The molecule has 4 heteroatoms. The minimum atomic E-state index is 0.339. The Morgan fingerprint density at radius 1 is 1.30 bits per heavy atom. The molecule has 0 saturated carbocycles. The van der Waals surface area contributed by atoms with Crippen LogP contribution in [0.1, 0.15) is 27.2 Å². The van der Waals surface area contributed by atoms with Crippen molar-refractivity contribution in [2.24, 2.45) is 5.92 Å². The minimum Gasteiger partial charge on any atom is -0.454 e. The number of ether oxygens (including phenoxy) is 2. The molecule has 0 amide bonds. The van der Waals surface area contributed by atoms with E-state index in [0.717, 1.165) is 30.5 Å². The predicted octanol–water partition coefficient (Wildman–Crippen LogP) is 2.63. The summed E-state index contributed by atoms with van der Waals surface area (Å²) in [6.45, 7) is 9.26. The Morgan fingerprint density at radius 3 is 2.90 bits per heavy atom. The fourth-order valence-electron chi connectivity index (χ4n) is 3.08. The maximum Gasteiger partial charge on any atom is 0.231 e. The number of hydrogen-bond acceptors (Lipinski definition) is 4. The number of nitrogens with one attached hydrogen (secondary N) is 1. The average molecular weight is 276 g/mol. The first-order valence-electron chi connectivity index (χ1n) is 7.53. The van der Waals surface area contributed by atoms with Crippen molar-refractivity contribution < 1.29 is 9.47 Å². The van der Waals surface area contributed by atoms with Crippen LogP contribution in [0.25, 0.3) is 0 Å². The first kappa shape index (κ1) is 13.6. The molecule has 0 spiro atoms. The number of benzene rings is 1. The lowest BCUT2D eigenvalue weighted by Crippen LogP contribution is -2.55. The first-order chi connectivity index (χ1) is 9.63. The van der Waals surface area contributed by atoms with Crippen LogP contribution in [0.5, 0.6) is 11.5 Å². The number of piperazine rings is 1. The molecule has 1 fully saturated rings. The van der Waals surface area contributed by atoms with Gasteiger partial charge in [-0.2, -0.15) is 0 Å². The fraction of sp³-hybridized carbons (Fsp3) is 0.625. The predicted molar refractivity (Wildman–Crippen MR) is 80.6 cm³/mol. The average Bonchev–Trinajstić information content (AvgIpc) is 2.87. The smallest absolute Gasteiger partial charge is 0.231 e. The molecule has 3 rings (SSSR count). The number of hydrogen-bond donors (Lipinski definition) is 1. The van der Waals surface area contributed by atoms with Crippen LogP contribution in [-0.2, 0) is 0 Å². The molecule has 2 aliphatic heterocycles. The Morgan fingerprint density at radius 2 is 2.10 bits per heavy atom. The summed E-state index contributed by atoms with van der Waals surface area (Å²) in [4.78, 5) is 2.48. The van der Waals surface area contributed by atoms with Crippen LogP contribution in [0.2, 0.25) is 0 Å². The van der Waals surface area contributed by atoms with Gasteiger partial charge in [0.2, 0.25) is 6.79 Å². The van der Waals surface area contributed by atoms with Crippen molar-refractivity contribution in [3.8, 4) is 11.5 Å². The molecule has 2 heterocycles. The molecule has 0 aromatic heterocycles. The van der Waals surface area contributed by atoms with Crippen molar-refractivity contribution in [3.05, 3.63) is 18.2 Å². The molecule has 1 saturated heterocycles. The second kappa shape index (κ2) is 5.52. The molecule has 4 nitrogen and oxygen atoms in total. The molecule has 0 radical (unpaired) electrons. The van der Waals surface area contributed by atoms with E-state index >= 15 is 0 Å². The molecular weight excluding hydrogens is 252 g/mol. The summed E-state index contributed by atoms with van der Waals surface area (Å²) in [6, 6.07) is 7.33. The van der Waals surface area contributed by atoms with Gasteiger partial charge in [-0.05, 0) is 31.4 Å². The monoisotopic (exact) mass is 276 g/mol. The zero-order valence-corrected chi connectivity index (χ0v) is 12.6. The quantitative estimate of drug-likeness (QED) is 0.920. The van der Waals surface area contributed by atoms with Crippen molar-refractivity contribution >= 4 is 5.69 Å². The van der Waals surface area contributed by atoms with Crippen molar-refractivity contribution in [3.63, 3.8) is 0 Å². The van der Waals surface area contributed by atoms with Crippen LogP contribution in [0.15, 0.2) is 18.2 Å². The molecule has 1 N–H and O–H groups in total. The lowest BCUT2D eigenvalue weighted by Gasteiger charge is -2.41. The topological polar surface area (TPSA) is 33.7 Å². The lowest BCUT2D eigenvalue weighted by atomic mass is 9.99. The van der Waals surface area contributed by atoms with Crippen molar-refractivity contribution in [2.45, 2.75) is 39.3 Å². The summed E-state index contributed by atoms with van der Waals surface area (Å²) in [7, 11) is 0. The van der Waals surface area contributed by atoms with Gasteiger partial charge in [0.15, 0.2) is 11.5 Å². The summed E-state index contributed by atoms with van der Waals surface area (Å²) in [5, 5.41) is 3.65. The van der Waals surface area contributed by atoms with E-state index < -0.39 is 0 Å². The Bertz CT molecular complexity index is 476. The van der Waals surface area contributed by atoms with Gasteiger partial charge in [0.05, 0.1) is 0 Å². The minimum absolute atomic E-state index is 0.339. The number of rotatable bonds is 3. The van der Waals surface area contributed by atoms with Gasteiger partial charge in [-0.25, -0.2) is 0 Å². The summed E-state index contributed by atoms with van der Waals surface area (Å²) in [5.41, 5.74) is 1.23. The summed E-state index contributed by atoms with van der Waals surface area (Å²) >= 11 is 0. The van der Waals surface area contributed by atoms with Crippen molar-refractivity contribution in [2.75, 3.05) is 24.8 Å². The molecule has 0 bridgehead atoms. The van der Waals surface area contributed by atoms with Gasteiger partial charge < -0.3 is 19.7 Å². The van der Waals surface area contributed by atoms with E-state index in [1.165, 1.54) is 12.1 Å². The van der Waals surface area contributed by atoms with Gasteiger partial charge in [0.1, 0.15) is 0 Å². The van der Waals surface area contributed by atoms with Crippen LogP contribution in [-0.4, -0.2) is 32.0 Å². The van der Waals surface area contributed by atoms with E-state index in [2.05, 4.69) is 43.1 Å². The molecular formula is C16H24N2O2. The van der Waals surface area contributed by atoms with E-state index in [0.29, 0.717) is 18.9 Å². The Hall–Kier alpha value is -1.42. The molecule has 2 unspecified atom stereocenters. The van der Waals surface area contributed by atoms with Crippen molar-refractivity contribution in [1.82, 2.24) is 5.32 Å². The first-order valence-corrected chi connectivity index (χ1v) is 7.53. The number of fused-ring (bicyclic) bond motifs is 1. The van der Waals surface area contributed by atoms with Gasteiger partial charge in [0.25, 0.3) is 0 Å². The second-order valence-corrected chi connectivity index (χ2v) is 6.27. The number of nitrogens with zero attached hydrogens (tertiary/aromatic N) is 1. The van der Waals surface area contributed by atoms with Crippen LogP contribution in [0.3, 0.4) is 0 Å². The van der Waals surface area contributed by atoms with E-state index in [4.69, 9.17) is 9.47 Å². The molecule has 1 aromatic carbocycles. The standard InChI is InChI=1S/C16H24N2O2/c1-11(2)6-13-9-18(12(3)8-17-13)14-4-5-15-16(7-14)20-10-19-15/h4-5,7,11-13,17H,6,8-10H2,1-3H3. The SMILES string of the molecule is CC(C)CC1CN(c2ccc3c(c2)OCO3)C(C)CN1. The van der Waals surface area contributed by atoms with E-state index in [1.807, 2.05) is 6.07 Å². The highest BCUT2D eigenvalue weighted by Crippen LogP contribution is 2.36. The van der Waals surface area contributed by atoms with E-state index in [-0.39, 0.29) is 0 Å². The molecule has 2 aliphatic rings. The highest BCUT2D eigenvalue weighted by Gasteiger charge is 2.26. The molecule has 2 atom stereocenters. The normalized spacial score (nSPS) is 25.3. The van der Waals surface area contributed by atoms with Crippen LogP contribution in [0.4, 0.5) is 5.69 Å². The number of anilines is 1. The van der Waals surface area contributed by atoms with Gasteiger partial charge in [-0.3, -0.25) is 0 Å². The third-order valence-corrected chi connectivity index (χ3v) is 4.09. The lowest BCUT2D eigenvalue weighted by molar-refractivity contribution is 0.174. The highest BCUT2D eigenvalue weighted by atomic mass is 16.7. The van der Waals surface area contributed by atoms with Gasteiger partial charge in [-0.15, -0.1) is 0 Å². The Labute approximate surface area is 121 Å². The fourth-order valence-corrected chi connectivity index (χ4v) is 3.08. The maximum atomic E-state index is 5.49. The summed E-state index contributed by atoms with van der Waals surface area (Å²) in [6.07, 6.45) is 1.22. The zero-order chi connectivity index (χ0) is 14.1. The summed E-state index contributed by atoms with van der Waals surface area (Å²) in [5.74, 6) is 2.45. The summed E-state index contributed by atoms with van der Waals surface area (Å²) < 4.78 is 10.9. The van der Waals surface area contributed by atoms with Gasteiger partial charge >= 0.3 is 0 Å². The molecule has 110 valence electrons. The van der Waals surface area contributed by atoms with Crippen LogP contribution >= 0.6 is 0 Å². The van der Waals surface area contributed by atoms with Gasteiger partial charge in [-0.1, -0.05) is 13.8 Å². The third kappa shape index (κ3) is 2.70. The molecule has 20 heavy (non-hydrogen) atoms. The Kier molecular flexibility index (Phi) is 3.74.